The second-order valence-electron chi connectivity index (χ2n) is 10.5. The summed E-state index contributed by atoms with van der Waals surface area (Å²) in [5.74, 6) is -1.73. The fraction of sp³-hybridized carbons (Fsp3) is 0.600. The normalized spacial score (nSPS) is 28.6. The fourth-order valence-corrected chi connectivity index (χ4v) is 5.62. The number of hydrogen-bond acceptors (Lipinski definition) is 8. The van der Waals surface area contributed by atoms with Gasteiger partial charge >= 0.3 is 6.18 Å². The molecule has 1 atom stereocenters. The van der Waals surface area contributed by atoms with Crippen molar-refractivity contribution >= 4 is 5.69 Å². The van der Waals surface area contributed by atoms with E-state index in [-0.39, 0.29) is 35.4 Å². The molecule has 1 saturated carbocycles. The molecule has 3 heterocycles. The summed E-state index contributed by atoms with van der Waals surface area (Å²) in [5.41, 5.74) is 0.229. The molecule has 2 N–H and O–H groups in total. The molecule has 37 heavy (non-hydrogen) atoms. The molecule has 3 aliphatic rings. The van der Waals surface area contributed by atoms with Gasteiger partial charge in [0, 0.05) is 23.5 Å². The van der Waals surface area contributed by atoms with E-state index >= 15 is 0 Å². The number of ether oxygens (including phenoxy) is 2. The Morgan fingerprint density at radius 3 is 2.54 bits per heavy atom. The number of halogens is 4. The minimum Gasteiger partial charge on any atom is -0.476 e. The number of rotatable bonds is 6. The lowest BCUT2D eigenvalue weighted by molar-refractivity contribution is -0.145. The highest BCUT2D eigenvalue weighted by molar-refractivity contribution is 5.55. The number of hydrogen-bond donors (Lipinski definition) is 2. The molecule has 12 heteroatoms. The Balaban J connectivity index is 1.37. The van der Waals surface area contributed by atoms with E-state index in [9.17, 15) is 22.7 Å². The number of benzene rings is 1. The van der Waals surface area contributed by atoms with Gasteiger partial charge in [0.15, 0.2) is 6.35 Å². The highest BCUT2D eigenvalue weighted by Gasteiger charge is 2.51. The summed E-state index contributed by atoms with van der Waals surface area (Å²) in [4.78, 5) is 10.8. The van der Waals surface area contributed by atoms with Gasteiger partial charge in [-0.15, -0.1) is 0 Å². The average molecular weight is 526 g/mol. The SMILES string of the molecule is CN(C)C1(c2cccc(F)c2)CCC2(CC1)CN(c1cnc(C(F)(F)F)nc1OCC1COC1)C(O)N2. The third-order valence-electron chi connectivity index (χ3n) is 7.92. The van der Waals surface area contributed by atoms with E-state index in [0.717, 1.165) is 11.8 Å². The van der Waals surface area contributed by atoms with Crippen molar-refractivity contribution in [2.45, 2.75) is 49.3 Å². The van der Waals surface area contributed by atoms with Crippen molar-refractivity contribution in [1.82, 2.24) is 20.2 Å². The van der Waals surface area contributed by atoms with Crippen molar-refractivity contribution in [3.8, 4) is 5.88 Å². The number of anilines is 1. The van der Waals surface area contributed by atoms with Crippen LogP contribution in [-0.4, -0.2) is 72.3 Å². The van der Waals surface area contributed by atoms with Crippen LogP contribution in [-0.2, 0) is 16.5 Å². The van der Waals surface area contributed by atoms with Gasteiger partial charge in [-0.25, -0.2) is 9.37 Å². The first-order valence-electron chi connectivity index (χ1n) is 12.3. The van der Waals surface area contributed by atoms with Gasteiger partial charge in [0.25, 0.3) is 0 Å². The predicted octanol–water partition coefficient (Wildman–Crippen LogP) is 3.12. The molecule has 1 aliphatic carbocycles. The minimum atomic E-state index is -4.73. The van der Waals surface area contributed by atoms with Gasteiger partial charge in [-0.1, -0.05) is 12.1 Å². The van der Waals surface area contributed by atoms with Crippen LogP contribution in [0.1, 0.15) is 37.1 Å². The Hall–Kier alpha value is -2.54. The molecule has 5 rings (SSSR count). The van der Waals surface area contributed by atoms with Crippen LogP contribution >= 0.6 is 0 Å². The summed E-state index contributed by atoms with van der Waals surface area (Å²) in [5, 5.41) is 14.2. The Morgan fingerprint density at radius 2 is 1.95 bits per heavy atom. The number of aromatic nitrogens is 2. The average Bonchev–Trinajstić information content (AvgIpc) is 3.13. The number of nitrogens with zero attached hydrogens (tertiary/aromatic N) is 4. The van der Waals surface area contributed by atoms with Gasteiger partial charge in [0.2, 0.25) is 11.7 Å². The van der Waals surface area contributed by atoms with E-state index in [2.05, 4.69) is 20.2 Å². The first kappa shape index (κ1) is 26.1. The molecule has 8 nitrogen and oxygen atoms in total. The van der Waals surface area contributed by atoms with Crippen LogP contribution in [0.3, 0.4) is 0 Å². The molecule has 1 unspecified atom stereocenters. The number of aliphatic hydroxyl groups is 1. The van der Waals surface area contributed by atoms with E-state index in [1.54, 1.807) is 17.0 Å². The van der Waals surface area contributed by atoms with Crippen LogP contribution in [0.2, 0.25) is 0 Å². The molecule has 2 aliphatic heterocycles. The van der Waals surface area contributed by atoms with Crippen molar-refractivity contribution in [3.05, 3.63) is 47.7 Å². The van der Waals surface area contributed by atoms with Crippen LogP contribution < -0.4 is 15.0 Å². The number of aliphatic hydroxyl groups excluding tert-OH is 1. The molecule has 0 radical (unpaired) electrons. The fourth-order valence-electron chi connectivity index (χ4n) is 5.62. The summed E-state index contributed by atoms with van der Waals surface area (Å²) in [7, 11) is 3.95. The van der Waals surface area contributed by atoms with Crippen LogP contribution in [0.15, 0.2) is 30.5 Å². The molecule has 3 fully saturated rings. The zero-order valence-corrected chi connectivity index (χ0v) is 20.8. The van der Waals surface area contributed by atoms with Crippen molar-refractivity contribution in [3.63, 3.8) is 0 Å². The largest absolute Gasteiger partial charge is 0.476 e. The van der Waals surface area contributed by atoms with Crippen molar-refractivity contribution < 1.29 is 32.1 Å². The van der Waals surface area contributed by atoms with Crippen molar-refractivity contribution in [2.75, 3.05) is 45.4 Å². The second kappa shape index (κ2) is 9.64. The second-order valence-corrected chi connectivity index (χ2v) is 10.5. The molecule has 2 saturated heterocycles. The first-order valence-corrected chi connectivity index (χ1v) is 12.3. The topological polar surface area (TPSA) is 83.0 Å². The summed E-state index contributed by atoms with van der Waals surface area (Å²) < 4.78 is 64.8. The van der Waals surface area contributed by atoms with Crippen LogP contribution in [0.5, 0.6) is 5.88 Å². The van der Waals surface area contributed by atoms with Gasteiger partial charge in [-0.3, -0.25) is 10.2 Å². The molecule has 202 valence electrons. The van der Waals surface area contributed by atoms with Gasteiger partial charge in [0.05, 0.1) is 26.0 Å². The zero-order valence-electron chi connectivity index (χ0n) is 20.8. The van der Waals surface area contributed by atoms with Crippen LogP contribution in [0.25, 0.3) is 0 Å². The van der Waals surface area contributed by atoms with Crippen LogP contribution in [0.4, 0.5) is 23.2 Å². The first-order chi connectivity index (χ1) is 17.5. The quantitative estimate of drug-likeness (QED) is 0.557. The lowest BCUT2D eigenvalue weighted by Crippen LogP contribution is -2.54. The summed E-state index contributed by atoms with van der Waals surface area (Å²) in [6, 6.07) is 6.63. The van der Waals surface area contributed by atoms with E-state index in [1.165, 1.54) is 6.07 Å². The Kier molecular flexibility index (Phi) is 6.80. The molecule has 1 spiro atoms. The maximum absolute atomic E-state index is 14.0. The van der Waals surface area contributed by atoms with Crippen LogP contribution in [0, 0.1) is 11.7 Å². The molecular weight excluding hydrogens is 494 g/mol. The summed E-state index contributed by atoms with van der Waals surface area (Å²) in [6.45, 7) is 1.44. The monoisotopic (exact) mass is 525 g/mol. The highest BCUT2D eigenvalue weighted by Crippen LogP contribution is 2.47. The molecule has 0 amide bonds. The smallest absolute Gasteiger partial charge is 0.451 e. The van der Waals surface area contributed by atoms with Gasteiger partial charge in [-0.05, 0) is 57.5 Å². The third-order valence-corrected chi connectivity index (χ3v) is 7.92. The molecule has 1 aromatic heterocycles. The zero-order chi connectivity index (χ0) is 26.4. The number of alkyl halides is 3. The van der Waals surface area contributed by atoms with E-state index in [0.29, 0.717) is 45.4 Å². The molecule has 2 aromatic rings. The minimum absolute atomic E-state index is 0.0745. The maximum Gasteiger partial charge on any atom is 0.451 e. The lowest BCUT2D eigenvalue weighted by atomic mass is 9.69. The van der Waals surface area contributed by atoms with Gasteiger partial charge in [-0.2, -0.15) is 18.2 Å². The third kappa shape index (κ3) is 4.99. The van der Waals surface area contributed by atoms with Crippen molar-refractivity contribution in [1.29, 1.82) is 0 Å². The predicted molar refractivity (Wildman–Crippen MR) is 126 cm³/mol. The molecular formula is C25H31F4N5O3. The standard InChI is InChI=1S/C25H31F4N5O3/c1-33(2)24(17-4-3-5-18(26)10-17)8-6-23(7-9-24)15-34(22(35)32-23)19-11-30-21(25(27,28)29)31-20(19)37-14-16-12-36-13-16/h3-5,10-11,16,22,32,35H,6-9,12-15H2,1-2H3. The molecule has 0 bridgehead atoms. The Labute approximate surface area is 212 Å². The van der Waals surface area contributed by atoms with Crippen molar-refractivity contribution in [2.24, 2.45) is 5.92 Å². The summed E-state index contributed by atoms with van der Waals surface area (Å²) >= 11 is 0. The van der Waals surface area contributed by atoms with E-state index in [4.69, 9.17) is 9.47 Å². The Morgan fingerprint density at radius 1 is 1.22 bits per heavy atom. The van der Waals surface area contributed by atoms with Gasteiger partial charge in [0.1, 0.15) is 11.5 Å². The Bertz CT molecular complexity index is 1120. The maximum atomic E-state index is 14.0. The molecule has 1 aromatic carbocycles. The highest BCUT2D eigenvalue weighted by atomic mass is 19.4. The van der Waals surface area contributed by atoms with Gasteiger partial charge < -0.3 is 19.5 Å². The number of nitrogens with one attached hydrogen (secondary N) is 1. The van der Waals surface area contributed by atoms with E-state index < -0.39 is 23.9 Å². The lowest BCUT2D eigenvalue weighted by Gasteiger charge is -2.49. The summed E-state index contributed by atoms with van der Waals surface area (Å²) in [6.07, 6.45) is -2.10. The van der Waals surface area contributed by atoms with E-state index in [1.807, 2.05) is 20.2 Å².